The average molecular weight is 519 g/mol. The summed E-state index contributed by atoms with van der Waals surface area (Å²) in [7, 11) is 0. The molecule has 2 aromatic carbocycles. The van der Waals surface area contributed by atoms with Crippen molar-refractivity contribution in [3.05, 3.63) is 76.2 Å². The first kappa shape index (κ1) is 25.4. The van der Waals surface area contributed by atoms with E-state index >= 15 is 0 Å². The highest BCUT2D eigenvalue weighted by atomic mass is 32.1. The Balaban J connectivity index is 1.16. The second-order valence-corrected chi connectivity index (χ2v) is 10.7. The summed E-state index contributed by atoms with van der Waals surface area (Å²) in [6, 6.07) is 18.1. The molecule has 2 amide bonds. The van der Waals surface area contributed by atoms with Crippen molar-refractivity contribution >= 4 is 34.5 Å². The standard InChI is InChI=1S/C29H34N4O3S/c1-21(19-22-7-3-2-4-8-22)29(35)33-13-11-23(12-14-33)28-31-25(20-37-28)27(34)30-24-9-5-6-10-26(24)32-15-17-36-18-16-32/h2-10,20-21,23H,11-19H2,1H3,(H,30,34). The van der Waals surface area contributed by atoms with E-state index in [2.05, 4.69) is 22.3 Å². The van der Waals surface area contributed by atoms with Crippen molar-refractivity contribution in [2.24, 2.45) is 5.92 Å². The monoisotopic (exact) mass is 518 g/mol. The van der Waals surface area contributed by atoms with Crippen LogP contribution in [-0.2, 0) is 16.0 Å². The van der Waals surface area contributed by atoms with Crippen LogP contribution in [0.25, 0.3) is 0 Å². The number of nitrogens with zero attached hydrogens (tertiary/aromatic N) is 3. The van der Waals surface area contributed by atoms with Gasteiger partial charge < -0.3 is 19.9 Å². The first-order valence-corrected chi connectivity index (χ1v) is 14.0. The van der Waals surface area contributed by atoms with E-state index in [1.165, 1.54) is 5.56 Å². The Morgan fingerprint density at radius 3 is 2.49 bits per heavy atom. The minimum absolute atomic E-state index is 0.0329. The average Bonchev–Trinajstić information content (AvgIpc) is 3.45. The van der Waals surface area contributed by atoms with Crippen molar-refractivity contribution in [1.29, 1.82) is 0 Å². The molecule has 194 valence electrons. The van der Waals surface area contributed by atoms with Crippen molar-refractivity contribution in [3.8, 4) is 0 Å². The molecule has 3 aromatic rings. The molecule has 0 bridgehead atoms. The van der Waals surface area contributed by atoms with Crippen LogP contribution in [0.2, 0.25) is 0 Å². The number of hydrogen-bond donors (Lipinski definition) is 1. The highest BCUT2D eigenvalue weighted by molar-refractivity contribution is 7.10. The highest BCUT2D eigenvalue weighted by Crippen LogP contribution is 2.32. The first-order chi connectivity index (χ1) is 18.1. The number of likely N-dealkylation sites (tertiary alicyclic amines) is 1. The SMILES string of the molecule is CC(Cc1ccccc1)C(=O)N1CCC(c2nc(C(=O)Nc3ccccc3N3CCOCC3)cs2)CC1. The number of aromatic nitrogens is 1. The second kappa shape index (κ2) is 11.9. The molecule has 2 aliphatic rings. The van der Waals surface area contributed by atoms with E-state index in [1.54, 1.807) is 11.3 Å². The van der Waals surface area contributed by atoms with Crippen LogP contribution >= 0.6 is 11.3 Å². The molecule has 2 saturated heterocycles. The molecule has 2 fully saturated rings. The van der Waals surface area contributed by atoms with Crippen LogP contribution in [0.5, 0.6) is 0 Å². The molecule has 1 unspecified atom stereocenters. The zero-order valence-corrected chi connectivity index (χ0v) is 22.1. The highest BCUT2D eigenvalue weighted by Gasteiger charge is 2.28. The molecule has 2 aliphatic heterocycles. The molecule has 1 atom stereocenters. The number of carbonyl (C=O) groups is 2. The van der Waals surface area contributed by atoms with E-state index in [0.717, 1.165) is 61.8 Å². The lowest BCUT2D eigenvalue weighted by Crippen LogP contribution is -2.41. The summed E-state index contributed by atoms with van der Waals surface area (Å²) in [6.07, 6.45) is 2.51. The summed E-state index contributed by atoms with van der Waals surface area (Å²) < 4.78 is 5.47. The Bertz CT molecular complexity index is 1200. The zero-order chi connectivity index (χ0) is 25.6. The van der Waals surface area contributed by atoms with Gasteiger partial charge in [-0.15, -0.1) is 11.3 Å². The number of morpholine rings is 1. The number of ether oxygens (including phenoxy) is 1. The fourth-order valence-electron chi connectivity index (χ4n) is 5.14. The molecule has 0 aliphatic carbocycles. The topological polar surface area (TPSA) is 74.8 Å². The fourth-order valence-corrected chi connectivity index (χ4v) is 6.11. The number of piperidine rings is 1. The fraction of sp³-hybridized carbons (Fsp3) is 0.414. The van der Waals surface area contributed by atoms with Gasteiger partial charge in [-0.2, -0.15) is 0 Å². The van der Waals surface area contributed by atoms with Gasteiger partial charge in [-0.1, -0.05) is 49.4 Å². The molecule has 0 saturated carbocycles. The number of benzene rings is 2. The van der Waals surface area contributed by atoms with Crippen LogP contribution in [0.15, 0.2) is 60.0 Å². The first-order valence-electron chi connectivity index (χ1n) is 13.1. The van der Waals surface area contributed by atoms with Gasteiger partial charge in [0.1, 0.15) is 5.69 Å². The maximum Gasteiger partial charge on any atom is 0.275 e. The van der Waals surface area contributed by atoms with Crippen LogP contribution in [0.4, 0.5) is 11.4 Å². The second-order valence-electron chi connectivity index (χ2n) is 9.83. The quantitative estimate of drug-likeness (QED) is 0.486. The Morgan fingerprint density at radius 1 is 1.03 bits per heavy atom. The number of amides is 2. The van der Waals surface area contributed by atoms with Crippen LogP contribution in [0.1, 0.15) is 46.7 Å². The number of hydrogen-bond acceptors (Lipinski definition) is 6. The number of rotatable bonds is 7. The molecule has 8 heteroatoms. The summed E-state index contributed by atoms with van der Waals surface area (Å²) in [5.41, 5.74) is 3.44. The van der Waals surface area contributed by atoms with E-state index in [-0.39, 0.29) is 23.7 Å². The van der Waals surface area contributed by atoms with Crippen molar-refractivity contribution in [3.63, 3.8) is 0 Å². The summed E-state index contributed by atoms with van der Waals surface area (Å²) in [5.74, 6) is 0.279. The largest absolute Gasteiger partial charge is 0.378 e. The van der Waals surface area contributed by atoms with Gasteiger partial charge in [0.25, 0.3) is 5.91 Å². The lowest BCUT2D eigenvalue weighted by Gasteiger charge is -2.33. The minimum atomic E-state index is -0.189. The number of para-hydroxylation sites is 2. The molecule has 37 heavy (non-hydrogen) atoms. The van der Waals surface area contributed by atoms with Crippen molar-refractivity contribution in [2.45, 2.75) is 32.1 Å². The lowest BCUT2D eigenvalue weighted by molar-refractivity contribution is -0.136. The number of thiazole rings is 1. The molecule has 0 spiro atoms. The van der Waals surface area contributed by atoms with Gasteiger partial charge in [0.15, 0.2) is 0 Å². The summed E-state index contributed by atoms with van der Waals surface area (Å²) in [4.78, 5) is 35.0. The Morgan fingerprint density at radius 2 is 1.73 bits per heavy atom. The van der Waals surface area contributed by atoms with Crippen LogP contribution in [0, 0.1) is 5.92 Å². The summed E-state index contributed by atoms with van der Waals surface area (Å²) in [5, 5.41) is 5.90. The van der Waals surface area contributed by atoms with Crippen molar-refractivity contribution in [2.75, 3.05) is 49.6 Å². The molecular weight excluding hydrogens is 484 g/mol. The Kier molecular flexibility index (Phi) is 8.16. The van der Waals surface area contributed by atoms with Gasteiger partial charge in [-0.05, 0) is 37.0 Å². The number of nitrogens with one attached hydrogen (secondary N) is 1. The van der Waals surface area contributed by atoms with E-state index in [1.807, 2.05) is 59.7 Å². The maximum atomic E-state index is 13.0. The third-order valence-electron chi connectivity index (χ3n) is 7.22. The molecule has 5 rings (SSSR count). The zero-order valence-electron chi connectivity index (χ0n) is 21.3. The van der Waals surface area contributed by atoms with Crippen molar-refractivity contribution in [1.82, 2.24) is 9.88 Å². The van der Waals surface area contributed by atoms with Gasteiger partial charge in [0.05, 0.1) is 29.6 Å². The van der Waals surface area contributed by atoms with E-state index in [9.17, 15) is 9.59 Å². The van der Waals surface area contributed by atoms with Gasteiger partial charge in [-0.3, -0.25) is 9.59 Å². The molecule has 0 radical (unpaired) electrons. The molecule has 7 nitrogen and oxygen atoms in total. The summed E-state index contributed by atoms with van der Waals surface area (Å²) >= 11 is 1.54. The number of carbonyl (C=O) groups excluding carboxylic acids is 2. The molecule has 1 N–H and O–H groups in total. The predicted molar refractivity (Wildman–Crippen MR) is 147 cm³/mol. The van der Waals surface area contributed by atoms with Crippen LogP contribution < -0.4 is 10.2 Å². The third-order valence-corrected chi connectivity index (χ3v) is 8.23. The van der Waals surface area contributed by atoms with E-state index in [4.69, 9.17) is 9.72 Å². The molecule has 3 heterocycles. The molecule has 1 aromatic heterocycles. The lowest BCUT2D eigenvalue weighted by atomic mass is 9.94. The summed E-state index contributed by atoms with van der Waals surface area (Å²) in [6.45, 7) is 6.47. The third kappa shape index (κ3) is 6.19. The van der Waals surface area contributed by atoms with Gasteiger partial charge in [0, 0.05) is 43.4 Å². The van der Waals surface area contributed by atoms with Gasteiger partial charge in [-0.25, -0.2) is 4.98 Å². The predicted octanol–water partition coefficient (Wildman–Crippen LogP) is 4.82. The van der Waals surface area contributed by atoms with Crippen molar-refractivity contribution < 1.29 is 14.3 Å². The van der Waals surface area contributed by atoms with Crippen LogP contribution in [-0.4, -0.2) is 61.1 Å². The Labute approximate surface area is 222 Å². The van der Waals surface area contributed by atoms with Gasteiger partial charge >= 0.3 is 0 Å². The van der Waals surface area contributed by atoms with Crippen LogP contribution in [0.3, 0.4) is 0 Å². The van der Waals surface area contributed by atoms with E-state index in [0.29, 0.717) is 18.9 Å². The smallest absolute Gasteiger partial charge is 0.275 e. The molecular formula is C29H34N4O3S. The normalized spacial score (nSPS) is 17.4. The Hall–Kier alpha value is -3.23. The maximum absolute atomic E-state index is 13.0. The van der Waals surface area contributed by atoms with Gasteiger partial charge in [0.2, 0.25) is 5.91 Å². The minimum Gasteiger partial charge on any atom is -0.378 e. The number of anilines is 2. The van der Waals surface area contributed by atoms with E-state index < -0.39 is 0 Å².